The van der Waals surface area contributed by atoms with Crippen molar-refractivity contribution in [1.29, 1.82) is 0 Å². The van der Waals surface area contributed by atoms with Crippen LogP contribution in [0.5, 0.6) is 0 Å². The number of ether oxygens (including phenoxy) is 1. The summed E-state index contributed by atoms with van der Waals surface area (Å²) in [6.45, 7) is 0.392. The second-order valence-electron chi connectivity index (χ2n) is 5.15. The molecular weight excluding hydrogens is 336 g/mol. The van der Waals surface area contributed by atoms with Gasteiger partial charge in [0.05, 0.1) is 19.1 Å². The lowest BCUT2D eigenvalue weighted by molar-refractivity contribution is -0.140. The Hall–Kier alpha value is -1.43. The molecule has 1 aliphatic carbocycles. The normalized spacial score (nSPS) is 15.0. The van der Waals surface area contributed by atoms with Gasteiger partial charge in [0.2, 0.25) is 0 Å². The van der Waals surface area contributed by atoms with E-state index in [4.69, 9.17) is 0 Å². The number of amides is 1. The van der Waals surface area contributed by atoms with Crippen LogP contribution in [0.1, 0.15) is 42.5 Å². The molecule has 0 N–H and O–H groups in total. The van der Waals surface area contributed by atoms with Crippen molar-refractivity contribution in [3.05, 3.63) is 28.5 Å². The van der Waals surface area contributed by atoms with Gasteiger partial charge in [-0.3, -0.25) is 14.6 Å². The standard InChI is InChI=1S/C15H19BrN2O3/c1-21-14(19)6-7-18(13-4-2-3-5-13)15(20)11-8-12(16)10-17-9-11/h8-10,13H,2-7H2,1H3. The molecule has 2 rings (SSSR count). The second kappa shape index (κ2) is 7.54. The first-order chi connectivity index (χ1) is 10.1. The number of pyridine rings is 1. The molecule has 21 heavy (non-hydrogen) atoms. The summed E-state index contributed by atoms with van der Waals surface area (Å²) in [7, 11) is 1.36. The quantitative estimate of drug-likeness (QED) is 0.762. The summed E-state index contributed by atoms with van der Waals surface area (Å²) >= 11 is 3.33. The van der Waals surface area contributed by atoms with Gasteiger partial charge in [0.1, 0.15) is 0 Å². The van der Waals surface area contributed by atoms with Crippen LogP contribution < -0.4 is 0 Å². The van der Waals surface area contributed by atoms with Crippen molar-refractivity contribution in [2.75, 3.05) is 13.7 Å². The first-order valence-corrected chi connectivity index (χ1v) is 7.89. The summed E-state index contributed by atoms with van der Waals surface area (Å²) in [4.78, 5) is 29.9. The number of hydrogen-bond donors (Lipinski definition) is 0. The van der Waals surface area contributed by atoms with Crippen LogP contribution in [0.2, 0.25) is 0 Å². The van der Waals surface area contributed by atoms with Crippen molar-refractivity contribution >= 4 is 27.8 Å². The van der Waals surface area contributed by atoms with Gasteiger partial charge < -0.3 is 9.64 Å². The number of hydrogen-bond acceptors (Lipinski definition) is 4. The van der Waals surface area contributed by atoms with E-state index >= 15 is 0 Å². The Morgan fingerprint density at radius 1 is 1.38 bits per heavy atom. The molecule has 1 amide bonds. The third kappa shape index (κ3) is 4.27. The molecule has 1 heterocycles. The molecule has 0 saturated heterocycles. The number of methoxy groups -OCH3 is 1. The van der Waals surface area contributed by atoms with Crippen LogP contribution in [0.15, 0.2) is 22.9 Å². The van der Waals surface area contributed by atoms with Crippen LogP contribution in [-0.4, -0.2) is 41.5 Å². The lowest BCUT2D eigenvalue weighted by Crippen LogP contribution is -2.40. The summed E-state index contributed by atoms with van der Waals surface area (Å²) in [6, 6.07) is 1.97. The first kappa shape index (κ1) is 15.9. The second-order valence-corrected chi connectivity index (χ2v) is 6.07. The fourth-order valence-corrected chi connectivity index (χ4v) is 3.04. The Kier molecular flexibility index (Phi) is 5.73. The van der Waals surface area contributed by atoms with Gasteiger partial charge in [0.15, 0.2) is 0 Å². The van der Waals surface area contributed by atoms with Crippen molar-refractivity contribution in [2.24, 2.45) is 0 Å². The Morgan fingerprint density at radius 2 is 2.10 bits per heavy atom. The monoisotopic (exact) mass is 354 g/mol. The van der Waals surface area contributed by atoms with Crippen molar-refractivity contribution in [3.8, 4) is 0 Å². The number of carbonyl (C=O) groups excluding carboxylic acids is 2. The van der Waals surface area contributed by atoms with Gasteiger partial charge in [0.25, 0.3) is 5.91 Å². The predicted octanol–water partition coefficient (Wildman–Crippen LogP) is 2.79. The van der Waals surface area contributed by atoms with Gasteiger partial charge in [-0.25, -0.2) is 0 Å². The Balaban J connectivity index is 2.13. The number of carbonyl (C=O) groups is 2. The maximum absolute atomic E-state index is 12.7. The molecule has 1 aromatic heterocycles. The van der Waals surface area contributed by atoms with Crippen molar-refractivity contribution in [2.45, 2.75) is 38.1 Å². The fourth-order valence-electron chi connectivity index (χ4n) is 2.67. The van der Waals surface area contributed by atoms with E-state index in [1.165, 1.54) is 7.11 Å². The van der Waals surface area contributed by atoms with Crippen LogP contribution in [0.4, 0.5) is 0 Å². The van der Waals surface area contributed by atoms with E-state index in [1.54, 1.807) is 23.4 Å². The van der Waals surface area contributed by atoms with E-state index in [1.807, 2.05) is 0 Å². The summed E-state index contributed by atoms with van der Waals surface area (Å²) in [5.41, 5.74) is 0.543. The smallest absolute Gasteiger partial charge is 0.307 e. The van der Waals surface area contributed by atoms with Crippen molar-refractivity contribution in [3.63, 3.8) is 0 Å². The average Bonchev–Trinajstić information content (AvgIpc) is 3.01. The molecule has 1 aliphatic rings. The zero-order valence-electron chi connectivity index (χ0n) is 12.0. The van der Waals surface area contributed by atoms with Gasteiger partial charge in [-0.15, -0.1) is 0 Å². The maximum Gasteiger partial charge on any atom is 0.307 e. The third-order valence-electron chi connectivity index (χ3n) is 3.76. The van der Waals surface area contributed by atoms with E-state index in [-0.39, 0.29) is 24.3 Å². The maximum atomic E-state index is 12.7. The molecule has 0 radical (unpaired) electrons. The fraction of sp³-hybridized carbons (Fsp3) is 0.533. The van der Waals surface area contributed by atoms with E-state index in [0.717, 1.165) is 30.2 Å². The number of nitrogens with zero attached hydrogens (tertiary/aromatic N) is 2. The van der Waals surface area contributed by atoms with Gasteiger partial charge in [0, 0.05) is 29.5 Å². The SMILES string of the molecule is COC(=O)CCN(C(=O)c1cncc(Br)c1)C1CCCC1. The Labute approximate surface area is 132 Å². The molecule has 5 nitrogen and oxygen atoms in total. The van der Waals surface area contributed by atoms with Crippen molar-refractivity contribution < 1.29 is 14.3 Å². The number of aromatic nitrogens is 1. The highest BCUT2D eigenvalue weighted by molar-refractivity contribution is 9.10. The van der Waals surface area contributed by atoms with E-state index < -0.39 is 0 Å². The van der Waals surface area contributed by atoms with Gasteiger partial charge in [-0.2, -0.15) is 0 Å². The van der Waals surface area contributed by atoms with Gasteiger partial charge in [-0.05, 0) is 34.8 Å². The minimum atomic E-state index is -0.293. The van der Waals surface area contributed by atoms with Crippen LogP contribution in [0, 0.1) is 0 Å². The molecular formula is C15H19BrN2O3. The molecule has 0 atom stereocenters. The van der Waals surface area contributed by atoms with Crippen LogP contribution in [-0.2, 0) is 9.53 Å². The van der Waals surface area contributed by atoms with Gasteiger partial charge in [-0.1, -0.05) is 12.8 Å². The zero-order valence-corrected chi connectivity index (χ0v) is 13.6. The number of rotatable bonds is 5. The average molecular weight is 355 g/mol. The first-order valence-electron chi connectivity index (χ1n) is 7.10. The summed E-state index contributed by atoms with van der Waals surface area (Å²) in [5.74, 6) is -0.363. The molecule has 1 fully saturated rings. The summed E-state index contributed by atoms with van der Waals surface area (Å²) in [6.07, 6.45) is 7.67. The highest BCUT2D eigenvalue weighted by Crippen LogP contribution is 2.25. The molecule has 0 bridgehead atoms. The lowest BCUT2D eigenvalue weighted by atomic mass is 10.1. The van der Waals surface area contributed by atoms with Gasteiger partial charge >= 0.3 is 5.97 Å². The van der Waals surface area contributed by atoms with E-state index in [9.17, 15) is 9.59 Å². The van der Waals surface area contributed by atoms with Crippen LogP contribution in [0.25, 0.3) is 0 Å². The van der Waals surface area contributed by atoms with Crippen LogP contribution in [0.3, 0.4) is 0 Å². The van der Waals surface area contributed by atoms with E-state index in [2.05, 4.69) is 25.7 Å². The molecule has 6 heteroatoms. The molecule has 0 aromatic carbocycles. The zero-order chi connectivity index (χ0) is 15.2. The highest BCUT2D eigenvalue weighted by Gasteiger charge is 2.28. The number of halogens is 1. The summed E-state index contributed by atoms with van der Waals surface area (Å²) < 4.78 is 5.44. The Morgan fingerprint density at radius 3 is 2.71 bits per heavy atom. The minimum Gasteiger partial charge on any atom is -0.469 e. The topological polar surface area (TPSA) is 59.5 Å². The molecule has 0 aliphatic heterocycles. The predicted molar refractivity (Wildman–Crippen MR) is 81.9 cm³/mol. The number of esters is 1. The van der Waals surface area contributed by atoms with Crippen molar-refractivity contribution in [1.82, 2.24) is 9.88 Å². The Bertz CT molecular complexity index is 515. The molecule has 1 saturated carbocycles. The lowest BCUT2D eigenvalue weighted by Gasteiger charge is -2.28. The molecule has 0 unspecified atom stereocenters. The summed E-state index contributed by atoms with van der Waals surface area (Å²) in [5, 5.41) is 0. The molecule has 1 aromatic rings. The third-order valence-corrected chi connectivity index (χ3v) is 4.20. The van der Waals surface area contributed by atoms with E-state index in [0.29, 0.717) is 12.1 Å². The highest BCUT2D eigenvalue weighted by atomic mass is 79.9. The minimum absolute atomic E-state index is 0.0698. The largest absolute Gasteiger partial charge is 0.469 e. The molecule has 114 valence electrons. The van der Waals surface area contributed by atoms with Crippen LogP contribution >= 0.6 is 15.9 Å². The molecule has 0 spiro atoms.